The van der Waals surface area contributed by atoms with Gasteiger partial charge in [-0.15, -0.1) is 0 Å². The number of aromatic nitrogens is 2. The van der Waals surface area contributed by atoms with Gasteiger partial charge in [-0.3, -0.25) is 14.8 Å². The number of carboxylic acids is 1. The first-order valence-electron chi connectivity index (χ1n) is 8.88. The largest absolute Gasteiger partial charge is 0.493 e. The van der Waals surface area contributed by atoms with E-state index < -0.39 is 23.1 Å². The molecule has 8 nitrogen and oxygen atoms in total. The van der Waals surface area contributed by atoms with E-state index >= 15 is 0 Å². The Hall–Kier alpha value is -3.94. The molecule has 148 valence electrons. The van der Waals surface area contributed by atoms with Crippen LogP contribution in [0.15, 0.2) is 63.1 Å². The lowest BCUT2D eigenvalue weighted by Gasteiger charge is -2.12. The lowest BCUT2D eigenvalue weighted by molar-refractivity contribution is 0.0697. The van der Waals surface area contributed by atoms with Gasteiger partial charge in [0.25, 0.3) is 5.56 Å². The van der Waals surface area contributed by atoms with Crippen molar-refractivity contribution in [1.29, 1.82) is 0 Å². The average molecular weight is 393 g/mol. The van der Waals surface area contributed by atoms with Crippen LogP contribution in [0.3, 0.4) is 0 Å². The summed E-state index contributed by atoms with van der Waals surface area (Å²) in [7, 11) is 0. The Morgan fingerprint density at radius 2 is 1.83 bits per heavy atom. The predicted octanol–water partition coefficient (Wildman–Crippen LogP) is 2.77. The highest BCUT2D eigenvalue weighted by molar-refractivity contribution is 6.03. The molecule has 0 amide bonds. The Labute approximate surface area is 165 Å². The van der Waals surface area contributed by atoms with Crippen molar-refractivity contribution >= 4 is 17.4 Å². The van der Waals surface area contributed by atoms with Crippen molar-refractivity contribution in [2.24, 2.45) is 4.99 Å². The molecular formula is C21H19N3O5. The number of rotatable bonds is 5. The zero-order chi connectivity index (χ0) is 21.1. The van der Waals surface area contributed by atoms with E-state index in [0.717, 1.165) is 10.1 Å². The van der Waals surface area contributed by atoms with Gasteiger partial charge in [-0.05, 0) is 43.7 Å². The molecule has 3 N–H and O–H groups in total. The fourth-order valence-corrected chi connectivity index (χ4v) is 2.89. The normalized spacial score (nSPS) is 11.4. The van der Waals surface area contributed by atoms with Crippen molar-refractivity contribution in [2.45, 2.75) is 20.3 Å². The first kappa shape index (κ1) is 19.8. The third-order valence-electron chi connectivity index (χ3n) is 4.36. The second kappa shape index (κ2) is 7.97. The van der Waals surface area contributed by atoms with Gasteiger partial charge in [0.15, 0.2) is 0 Å². The number of hydrogen-bond donors (Lipinski definition) is 3. The molecule has 3 rings (SSSR count). The molecular weight excluding hydrogens is 374 g/mol. The van der Waals surface area contributed by atoms with Crippen LogP contribution in [0, 0.1) is 6.92 Å². The molecule has 0 bridgehead atoms. The van der Waals surface area contributed by atoms with Gasteiger partial charge >= 0.3 is 11.7 Å². The molecule has 0 atom stereocenters. The summed E-state index contributed by atoms with van der Waals surface area (Å²) in [4.78, 5) is 42.5. The number of aryl methyl sites for hydroxylation is 1. The number of carboxylic acid groups (broad SMARTS) is 1. The highest BCUT2D eigenvalue weighted by Gasteiger charge is 2.19. The molecule has 8 heteroatoms. The van der Waals surface area contributed by atoms with E-state index in [-0.39, 0.29) is 23.3 Å². The van der Waals surface area contributed by atoms with E-state index in [1.165, 1.54) is 18.2 Å². The van der Waals surface area contributed by atoms with E-state index in [2.05, 4.69) is 9.98 Å². The number of aromatic carboxylic acids is 1. The van der Waals surface area contributed by atoms with Crippen LogP contribution in [-0.4, -0.2) is 31.4 Å². The molecule has 0 saturated heterocycles. The summed E-state index contributed by atoms with van der Waals surface area (Å²) in [5.41, 5.74) is 0.243. The Morgan fingerprint density at radius 1 is 1.14 bits per heavy atom. The van der Waals surface area contributed by atoms with Crippen LogP contribution in [0.2, 0.25) is 0 Å². The van der Waals surface area contributed by atoms with Gasteiger partial charge in [0.2, 0.25) is 5.88 Å². The summed E-state index contributed by atoms with van der Waals surface area (Å²) >= 11 is 0. The molecule has 0 radical (unpaired) electrons. The van der Waals surface area contributed by atoms with E-state index in [1.54, 1.807) is 37.3 Å². The minimum absolute atomic E-state index is 0.0458. The highest BCUT2D eigenvalue weighted by atomic mass is 16.4. The minimum atomic E-state index is -1.10. The lowest BCUT2D eigenvalue weighted by atomic mass is 10.1. The van der Waals surface area contributed by atoms with Crippen molar-refractivity contribution in [3.63, 3.8) is 0 Å². The van der Waals surface area contributed by atoms with Gasteiger partial charge in [-0.1, -0.05) is 30.7 Å². The number of aromatic hydroxyl groups is 1. The molecule has 0 aliphatic rings. The fraction of sp³-hybridized carbons (Fsp3) is 0.143. The van der Waals surface area contributed by atoms with Gasteiger partial charge in [-0.2, -0.15) is 0 Å². The number of benzene rings is 2. The number of nitrogens with zero attached hydrogens (tertiary/aromatic N) is 2. The Morgan fingerprint density at radius 3 is 2.45 bits per heavy atom. The number of H-pyrrole nitrogens is 1. The van der Waals surface area contributed by atoms with Crippen molar-refractivity contribution in [3.8, 4) is 11.6 Å². The molecule has 0 aliphatic heterocycles. The lowest BCUT2D eigenvalue weighted by Crippen LogP contribution is -2.33. The molecule has 0 aliphatic carbocycles. The number of aromatic amines is 1. The van der Waals surface area contributed by atoms with Gasteiger partial charge < -0.3 is 10.2 Å². The third kappa shape index (κ3) is 4.01. The van der Waals surface area contributed by atoms with E-state index in [9.17, 15) is 19.5 Å². The van der Waals surface area contributed by atoms with Crippen molar-refractivity contribution in [3.05, 3.63) is 86.1 Å². The van der Waals surface area contributed by atoms with Gasteiger partial charge in [-0.25, -0.2) is 14.2 Å². The number of nitrogens with one attached hydrogen (secondary N) is 1. The first-order chi connectivity index (χ1) is 13.8. The van der Waals surface area contributed by atoms with Crippen LogP contribution in [0.4, 0.5) is 5.69 Å². The van der Waals surface area contributed by atoms with Crippen LogP contribution in [0.25, 0.3) is 5.69 Å². The number of hydrogen-bond acceptors (Lipinski definition) is 5. The maximum atomic E-state index is 12.5. The number of carbonyl (C=O) groups is 1. The summed E-state index contributed by atoms with van der Waals surface area (Å²) in [6.07, 6.45) is 0.264. The molecule has 0 fully saturated rings. The maximum absolute atomic E-state index is 12.5. The van der Waals surface area contributed by atoms with E-state index in [4.69, 9.17) is 5.11 Å². The maximum Gasteiger partial charge on any atom is 0.335 e. The molecule has 3 aromatic rings. The molecule has 0 saturated carbocycles. The number of aliphatic imine (C=N–C) groups is 1. The average Bonchev–Trinajstić information content (AvgIpc) is 2.68. The molecule has 0 spiro atoms. The molecule has 2 aromatic carbocycles. The van der Waals surface area contributed by atoms with Crippen LogP contribution in [0.1, 0.15) is 34.8 Å². The minimum Gasteiger partial charge on any atom is -0.493 e. The second-order valence-electron chi connectivity index (χ2n) is 6.40. The monoisotopic (exact) mass is 393 g/mol. The third-order valence-corrected chi connectivity index (χ3v) is 4.36. The van der Waals surface area contributed by atoms with Crippen LogP contribution in [0.5, 0.6) is 5.88 Å². The predicted molar refractivity (Wildman–Crippen MR) is 109 cm³/mol. The standard InChI is InChI=1S/C21H19N3O5/c1-3-16(22-14-6-4-5-13(11-14)20(27)28)17-18(25)23-21(29)24(19(17)26)15-9-7-12(2)8-10-15/h4-11,26H,3H2,1-2H3,(H,27,28)(H,23,25,29). The topological polar surface area (TPSA) is 125 Å². The summed E-state index contributed by atoms with van der Waals surface area (Å²) < 4.78 is 0.995. The Balaban J connectivity index is 2.21. The van der Waals surface area contributed by atoms with Crippen molar-refractivity contribution in [1.82, 2.24) is 9.55 Å². The zero-order valence-electron chi connectivity index (χ0n) is 15.8. The molecule has 29 heavy (non-hydrogen) atoms. The smallest absolute Gasteiger partial charge is 0.335 e. The SMILES string of the molecule is CCC(=Nc1cccc(C(=O)O)c1)c1c(O)n(-c2ccc(C)cc2)c(=O)[nH]c1=O. The van der Waals surface area contributed by atoms with Crippen LogP contribution < -0.4 is 11.2 Å². The fourth-order valence-electron chi connectivity index (χ4n) is 2.89. The van der Waals surface area contributed by atoms with Crippen molar-refractivity contribution in [2.75, 3.05) is 0 Å². The first-order valence-corrected chi connectivity index (χ1v) is 8.88. The van der Waals surface area contributed by atoms with Crippen LogP contribution in [-0.2, 0) is 0 Å². The van der Waals surface area contributed by atoms with Gasteiger partial charge in [0, 0.05) is 0 Å². The van der Waals surface area contributed by atoms with E-state index in [0.29, 0.717) is 11.4 Å². The highest BCUT2D eigenvalue weighted by Crippen LogP contribution is 2.22. The second-order valence-corrected chi connectivity index (χ2v) is 6.40. The van der Waals surface area contributed by atoms with Crippen molar-refractivity contribution < 1.29 is 15.0 Å². The summed E-state index contributed by atoms with van der Waals surface area (Å²) in [5.74, 6) is -1.63. The summed E-state index contributed by atoms with van der Waals surface area (Å²) in [6, 6.07) is 12.8. The van der Waals surface area contributed by atoms with Gasteiger partial charge in [0.1, 0.15) is 5.56 Å². The summed E-state index contributed by atoms with van der Waals surface area (Å²) in [6.45, 7) is 3.62. The molecule has 0 unspecified atom stereocenters. The molecule has 1 aromatic heterocycles. The van der Waals surface area contributed by atoms with Crippen LogP contribution >= 0.6 is 0 Å². The summed E-state index contributed by atoms with van der Waals surface area (Å²) in [5, 5.41) is 19.9. The Bertz CT molecular complexity index is 1220. The zero-order valence-corrected chi connectivity index (χ0v) is 15.8. The quantitative estimate of drug-likeness (QED) is 0.575. The van der Waals surface area contributed by atoms with Gasteiger partial charge in [0.05, 0.1) is 22.6 Å². The molecule has 1 heterocycles. The van der Waals surface area contributed by atoms with E-state index in [1.807, 2.05) is 6.92 Å². The Kier molecular flexibility index (Phi) is 5.45.